The number of hydrogen-bond acceptors (Lipinski definition) is 2. The summed E-state index contributed by atoms with van der Waals surface area (Å²) in [6.45, 7) is 2.14. The van der Waals surface area contributed by atoms with Gasteiger partial charge in [-0.05, 0) is 12.8 Å². The number of rotatable bonds is 6. The van der Waals surface area contributed by atoms with Gasteiger partial charge in [-0.1, -0.05) is 32.6 Å². The summed E-state index contributed by atoms with van der Waals surface area (Å²) in [5, 5.41) is 9.92. The Bertz CT molecular complexity index is 94.1. The van der Waals surface area contributed by atoms with Crippen molar-refractivity contribution >= 4 is 5.97 Å². The topological polar surface area (TPSA) is 40.1 Å². The molecule has 60 valence electrons. The van der Waals surface area contributed by atoms with E-state index in [9.17, 15) is 9.90 Å². The Hall–Kier alpha value is 0.470. The Morgan fingerprint density at radius 1 is 1.18 bits per heavy atom. The zero-order chi connectivity index (χ0) is 7.82. The number of carbonyl (C=O) groups is 1. The summed E-state index contributed by atoms with van der Waals surface area (Å²) in [6.07, 6.45) is 5.61. The average molecular weight is 166 g/mol. The maximum absolute atomic E-state index is 9.92. The van der Waals surface area contributed by atoms with E-state index in [1.165, 1.54) is 12.8 Å². The third-order valence-electron chi connectivity index (χ3n) is 1.48. The molecule has 0 N–H and O–H groups in total. The van der Waals surface area contributed by atoms with Crippen LogP contribution in [0.2, 0.25) is 0 Å². The van der Waals surface area contributed by atoms with Crippen molar-refractivity contribution in [1.82, 2.24) is 0 Å². The van der Waals surface area contributed by atoms with Crippen LogP contribution in [0.5, 0.6) is 0 Å². The molecule has 0 saturated carbocycles. The molecule has 0 aliphatic rings. The first-order valence-electron chi connectivity index (χ1n) is 3.97. The summed E-state index contributed by atoms with van der Waals surface area (Å²) in [6, 6.07) is 0. The second kappa shape index (κ2) is 10.5. The summed E-state index contributed by atoms with van der Waals surface area (Å²) in [5.74, 6) is -0.920. The molecule has 0 amide bonds. The molecular weight excluding hydrogens is 151 g/mol. The number of carboxylic acid groups (broad SMARTS) is 1. The normalized spacial score (nSPS) is 8.82. The largest absolute Gasteiger partial charge is 1.00 e. The maximum atomic E-state index is 9.92. The van der Waals surface area contributed by atoms with Crippen LogP contribution in [-0.2, 0) is 4.79 Å². The third-order valence-corrected chi connectivity index (χ3v) is 1.48. The summed E-state index contributed by atoms with van der Waals surface area (Å²) in [4.78, 5) is 9.92. The monoisotopic (exact) mass is 166 g/mol. The van der Waals surface area contributed by atoms with Crippen LogP contribution in [0.3, 0.4) is 0 Å². The van der Waals surface area contributed by atoms with Crippen molar-refractivity contribution in [3.8, 4) is 0 Å². The van der Waals surface area contributed by atoms with E-state index in [1.807, 2.05) is 0 Å². The minimum Gasteiger partial charge on any atom is -0.550 e. The van der Waals surface area contributed by atoms with Gasteiger partial charge >= 0.3 is 29.6 Å². The van der Waals surface area contributed by atoms with E-state index < -0.39 is 5.97 Å². The average Bonchev–Trinajstić information content (AvgIpc) is 1.87. The molecule has 0 heterocycles. The molecule has 0 aromatic rings. The minimum absolute atomic E-state index is 0. The van der Waals surface area contributed by atoms with Crippen LogP contribution in [0.1, 0.15) is 45.4 Å². The second-order valence-corrected chi connectivity index (χ2v) is 2.54. The van der Waals surface area contributed by atoms with Crippen LogP contribution < -0.4 is 34.7 Å². The smallest absolute Gasteiger partial charge is 0.550 e. The van der Waals surface area contributed by atoms with Gasteiger partial charge in [-0.15, -0.1) is 0 Å². The molecule has 3 heteroatoms. The fourth-order valence-electron chi connectivity index (χ4n) is 0.873. The van der Waals surface area contributed by atoms with Crippen molar-refractivity contribution in [2.75, 3.05) is 0 Å². The van der Waals surface area contributed by atoms with Gasteiger partial charge in [0.25, 0.3) is 0 Å². The van der Waals surface area contributed by atoms with Crippen molar-refractivity contribution in [3.63, 3.8) is 0 Å². The number of carbonyl (C=O) groups excluding carboxylic acids is 1. The summed E-state index contributed by atoms with van der Waals surface area (Å²) >= 11 is 0. The molecule has 0 aromatic heterocycles. The molecule has 0 radical (unpaired) electrons. The van der Waals surface area contributed by atoms with E-state index in [1.54, 1.807) is 0 Å². The van der Waals surface area contributed by atoms with E-state index in [4.69, 9.17) is 0 Å². The van der Waals surface area contributed by atoms with Gasteiger partial charge in [-0.3, -0.25) is 0 Å². The van der Waals surface area contributed by atoms with Crippen LogP contribution in [0.25, 0.3) is 0 Å². The quantitative estimate of drug-likeness (QED) is 0.341. The number of aliphatic carboxylic acids is 1. The van der Waals surface area contributed by atoms with Crippen molar-refractivity contribution in [1.29, 1.82) is 0 Å². The van der Waals surface area contributed by atoms with Gasteiger partial charge in [0.15, 0.2) is 0 Å². The fraction of sp³-hybridized carbons (Fsp3) is 0.875. The molecule has 0 aliphatic carbocycles. The van der Waals surface area contributed by atoms with Crippen LogP contribution in [0, 0.1) is 0 Å². The van der Waals surface area contributed by atoms with Gasteiger partial charge in [-0.2, -0.15) is 0 Å². The molecule has 0 atom stereocenters. The van der Waals surface area contributed by atoms with E-state index in [0.29, 0.717) is 0 Å². The Labute approximate surface area is 90.7 Å². The number of carboxylic acids is 1. The molecule has 0 aliphatic heterocycles. The predicted octanol–water partition coefficient (Wildman–Crippen LogP) is -1.90. The van der Waals surface area contributed by atoms with Gasteiger partial charge in [-0.25, -0.2) is 0 Å². The molecule has 0 fully saturated rings. The Balaban J connectivity index is 0. The van der Waals surface area contributed by atoms with Gasteiger partial charge in [0.1, 0.15) is 0 Å². The maximum Gasteiger partial charge on any atom is 1.00 e. The van der Waals surface area contributed by atoms with Crippen molar-refractivity contribution in [3.05, 3.63) is 0 Å². The molecule has 0 unspecified atom stereocenters. The molecule has 0 spiro atoms. The van der Waals surface area contributed by atoms with Crippen LogP contribution in [-0.4, -0.2) is 5.97 Å². The Morgan fingerprint density at radius 3 is 2.18 bits per heavy atom. The van der Waals surface area contributed by atoms with E-state index in [-0.39, 0.29) is 36.0 Å². The third kappa shape index (κ3) is 13.5. The SMILES string of the molecule is CCCCCCCC(=O)[O-].[Na+]. The molecule has 0 rings (SSSR count). The van der Waals surface area contributed by atoms with Crippen LogP contribution in [0.4, 0.5) is 0 Å². The van der Waals surface area contributed by atoms with E-state index in [2.05, 4.69) is 6.92 Å². The zero-order valence-electron chi connectivity index (χ0n) is 7.56. The predicted molar refractivity (Wildman–Crippen MR) is 38.4 cm³/mol. The first kappa shape index (κ1) is 14.0. The van der Waals surface area contributed by atoms with Crippen LogP contribution >= 0.6 is 0 Å². The molecule has 2 nitrogen and oxygen atoms in total. The van der Waals surface area contributed by atoms with Gasteiger partial charge < -0.3 is 9.90 Å². The van der Waals surface area contributed by atoms with Gasteiger partial charge in [0, 0.05) is 5.97 Å². The van der Waals surface area contributed by atoms with Crippen molar-refractivity contribution in [2.24, 2.45) is 0 Å². The fourth-order valence-corrected chi connectivity index (χ4v) is 0.873. The molecule has 0 bridgehead atoms. The second-order valence-electron chi connectivity index (χ2n) is 2.54. The van der Waals surface area contributed by atoms with E-state index in [0.717, 1.165) is 19.3 Å². The number of unbranched alkanes of at least 4 members (excludes halogenated alkanes) is 4. The molecular formula is C8H15NaO2. The first-order valence-corrected chi connectivity index (χ1v) is 3.97. The summed E-state index contributed by atoms with van der Waals surface area (Å²) < 4.78 is 0. The Kier molecular flexibility index (Phi) is 13.3. The standard InChI is InChI=1S/C8H16O2.Na/c1-2-3-4-5-6-7-8(9)10;/h2-7H2,1H3,(H,9,10);/q;+1/p-1. The minimum atomic E-state index is -0.920. The summed E-state index contributed by atoms with van der Waals surface area (Å²) in [5.41, 5.74) is 0. The van der Waals surface area contributed by atoms with Crippen LogP contribution in [0.15, 0.2) is 0 Å². The van der Waals surface area contributed by atoms with Gasteiger partial charge in [0.2, 0.25) is 0 Å². The first-order chi connectivity index (χ1) is 4.77. The molecule has 0 aromatic carbocycles. The van der Waals surface area contributed by atoms with Crippen molar-refractivity contribution in [2.45, 2.75) is 45.4 Å². The molecule has 0 saturated heterocycles. The zero-order valence-corrected chi connectivity index (χ0v) is 9.56. The van der Waals surface area contributed by atoms with Crippen molar-refractivity contribution < 1.29 is 39.5 Å². The number of hydrogen-bond donors (Lipinski definition) is 0. The Morgan fingerprint density at radius 2 is 1.73 bits per heavy atom. The summed E-state index contributed by atoms with van der Waals surface area (Å²) in [7, 11) is 0. The van der Waals surface area contributed by atoms with E-state index >= 15 is 0 Å². The van der Waals surface area contributed by atoms with Gasteiger partial charge in [0.05, 0.1) is 0 Å². The molecule has 11 heavy (non-hydrogen) atoms.